The second-order valence-electron chi connectivity index (χ2n) is 4.26. The first kappa shape index (κ1) is 14.1. The molecule has 0 saturated heterocycles. The Kier molecular flexibility index (Phi) is 6.12. The normalized spacial score (nSPS) is 12.9. The van der Waals surface area contributed by atoms with Crippen LogP contribution >= 0.6 is 15.9 Å². The van der Waals surface area contributed by atoms with E-state index in [0.29, 0.717) is 12.3 Å². The summed E-state index contributed by atoms with van der Waals surface area (Å²) in [5.74, 6) is 0.617. The van der Waals surface area contributed by atoms with Crippen molar-refractivity contribution in [1.82, 2.24) is 0 Å². The van der Waals surface area contributed by atoms with Crippen LogP contribution in [0.5, 0.6) is 0 Å². The fourth-order valence-corrected chi connectivity index (χ4v) is 2.09. The van der Waals surface area contributed by atoms with E-state index in [2.05, 4.69) is 27.8 Å². The van der Waals surface area contributed by atoms with Crippen molar-refractivity contribution in [3.8, 4) is 0 Å². The van der Waals surface area contributed by atoms with Gasteiger partial charge in [0.1, 0.15) is 0 Å². The molecule has 1 unspecified atom stereocenters. The minimum Gasteiger partial charge on any atom is -0.301 e. The predicted molar refractivity (Wildman–Crippen MR) is 75.9 cm³/mol. The van der Waals surface area contributed by atoms with Gasteiger partial charge in [0.2, 0.25) is 0 Å². The summed E-state index contributed by atoms with van der Waals surface area (Å²) in [7, 11) is 1.78. The van der Waals surface area contributed by atoms with E-state index in [-0.39, 0.29) is 5.78 Å². The van der Waals surface area contributed by atoms with E-state index in [1.54, 1.807) is 7.05 Å². The summed E-state index contributed by atoms with van der Waals surface area (Å²) in [5, 5.41) is 0. The number of hydrogen-bond donors (Lipinski definition) is 0. The minimum absolute atomic E-state index is 0.215. The number of benzene rings is 1. The van der Waals surface area contributed by atoms with Gasteiger partial charge in [-0.3, -0.25) is 4.79 Å². The molecule has 0 N–H and O–H groups in total. The first-order valence-electron chi connectivity index (χ1n) is 5.83. The smallest absolute Gasteiger partial charge is 0.163 e. The lowest BCUT2D eigenvalue weighted by Crippen LogP contribution is -2.06. The maximum atomic E-state index is 12.0. The molecule has 3 heteroatoms. The molecule has 1 aromatic carbocycles. The molecule has 0 aliphatic heterocycles. The van der Waals surface area contributed by atoms with Crippen molar-refractivity contribution in [2.45, 2.75) is 26.2 Å². The highest BCUT2D eigenvalue weighted by Gasteiger charge is 2.11. The Hall–Kier alpha value is -0.960. The fraction of sp³-hybridized carbons (Fsp3) is 0.429. The number of halogens is 1. The molecule has 0 heterocycles. The molecule has 17 heavy (non-hydrogen) atoms. The van der Waals surface area contributed by atoms with Crippen molar-refractivity contribution >= 4 is 27.9 Å². The number of ketones is 1. The molecular formula is C14H18BrNO. The van der Waals surface area contributed by atoms with E-state index < -0.39 is 0 Å². The summed E-state index contributed by atoms with van der Waals surface area (Å²) in [6.45, 7) is 2.11. The Bertz CT molecular complexity index is 401. The number of Topliss-reactive ketones (excluding diaryl/α,β-unsaturated/α-hetero) is 1. The summed E-state index contributed by atoms with van der Waals surface area (Å²) >= 11 is 3.38. The van der Waals surface area contributed by atoms with Gasteiger partial charge in [-0.05, 0) is 37.1 Å². The standard InChI is InChI=1S/C14H18BrNO/c1-11(5-4-8-16-2)9-14(17)12-6-3-7-13(15)10-12/h3,6-8,10-11H,4-5,9H2,1-2H3. The van der Waals surface area contributed by atoms with Crippen LogP contribution in [0.4, 0.5) is 0 Å². The third-order valence-electron chi connectivity index (χ3n) is 2.65. The molecule has 1 atom stereocenters. The number of hydrogen-bond acceptors (Lipinski definition) is 2. The Morgan fingerprint density at radius 3 is 2.94 bits per heavy atom. The average molecular weight is 296 g/mol. The number of carbonyl (C=O) groups is 1. The predicted octanol–water partition coefficient (Wildman–Crippen LogP) is 4.14. The molecule has 1 rings (SSSR count). The highest BCUT2D eigenvalue weighted by molar-refractivity contribution is 9.10. The molecule has 1 aromatic rings. The van der Waals surface area contributed by atoms with Gasteiger partial charge < -0.3 is 4.99 Å². The van der Waals surface area contributed by atoms with Gasteiger partial charge in [-0.15, -0.1) is 0 Å². The highest BCUT2D eigenvalue weighted by Crippen LogP contribution is 2.17. The van der Waals surface area contributed by atoms with Crippen molar-refractivity contribution in [2.75, 3.05) is 7.05 Å². The van der Waals surface area contributed by atoms with Crippen molar-refractivity contribution in [3.05, 3.63) is 34.3 Å². The molecule has 0 radical (unpaired) electrons. The third kappa shape index (κ3) is 5.26. The molecule has 2 nitrogen and oxygen atoms in total. The van der Waals surface area contributed by atoms with Gasteiger partial charge in [-0.1, -0.05) is 35.0 Å². The Morgan fingerprint density at radius 2 is 2.29 bits per heavy atom. The molecule has 0 aliphatic rings. The molecule has 0 spiro atoms. The Morgan fingerprint density at radius 1 is 1.53 bits per heavy atom. The molecular weight excluding hydrogens is 278 g/mol. The van der Waals surface area contributed by atoms with Gasteiger partial charge in [0, 0.05) is 23.5 Å². The molecule has 0 aromatic heterocycles. The molecule has 0 fully saturated rings. The van der Waals surface area contributed by atoms with E-state index in [0.717, 1.165) is 22.9 Å². The van der Waals surface area contributed by atoms with Crippen LogP contribution in [-0.4, -0.2) is 19.0 Å². The lowest BCUT2D eigenvalue weighted by Gasteiger charge is -2.09. The number of rotatable bonds is 6. The van der Waals surface area contributed by atoms with Gasteiger partial charge in [-0.2, -0.15) is 0 Å². The summed E-state index contributed by atoms with van der Waals surface area (Å²) < 4.78 is 0.953. The van der Waals surface area contributed by atoms with Crippen LogP contribution in [-0.2, 0) is 0 Å². The summed E-state index contributed by atoms with van der Waals surface area (Å²) in [5.41, 5.74) is 0.787. The second-order valence-corrected chi connectivity index (χ2v) is 5.18. The zero-order valence-electron chi connectivity index (χ0n) is 10.3. The SMILES string of the molecule is CN=CCCC(C)CC(=O)c1cccc(Br)c1. The van der Waals surface area contributed by atoms with Crippen LogP contribution in [0.2, 0.25) is 0 Å². The molecule has 0 saturated carbocycles. The largest absolute Gasteiger partial charge is 0.301 e. The van der Waals surface area contributed by atoms with Crippen molar-refractivity contribution in [3.63, 3.8) is 0 Å². The van der Waals surface area contributed by atoms with E-state index in [1.165, 1.54) is 0 Å². The Labute approximate surface area is 111 Å². The van der Waals surface area contributed by atoms with Crippen molar-refractivity contribution < 1.29 is 4.79 Å². The lowest BCUT2D eigenvalue weighted by molar-refractivity contribution is 0.0963. The van der Waals surface area contributed by atoms with Gasteiger partial charge >= 0.3 is 0 Å². The first-order chi connectivity index (χ1) is 8.13. The molecule has 0 bridgehead atoms. The molecule has 0 aliphatic carbocycles. The maximum Gasteiger partial charge on any atom is 0.163 e. The van der Waals surface area contributed by atoms with Crippen LogP contribution in [0.15, 0.2) is 33.7 Å². The van der Waals surface area contributed by atoms with E-state index in [1.807, 2.05) is 30.5 Å². The number of aliphatic imine (C=N–C) groups is 1. The van der Waals surface area contributed by atoms with Crippen molar-refractivity contribution in [1.29, 1.82) is 0 Å². The lowest BCUT2D eigenvalue weighted by atomic mass is 9.96. The minimum atomic E-state index is 0.215. The van der Waals surface area contributed by atoms with Gasteiger partial charge in [0.15, 0.2) is 5.78 Å². The zero-order chi connectivity index (χ0) is 12.7. The zero-order valence-corrected chi connectivity index (χ0v) is 11.9. The summed E-state index contributed by atoms with van der Waals surface area (Å²) in [6.07, 6.45) is 4.47. The van der Waals surface area contributed by atoms with Crippen LogP contribution in [0.25, 0.3) is 0 Å². The topological polar surface area (TPSA) is 29.4 Å². The summed E-state index contributed by atoms with van der Waals surface area (Å²) in [6, 6.07) is 7.57. The highest BCUT2D eigenvalue weighted by atomic mass is 79.9. The van der Waals surface area contributed by atoms with E-state index in [4.69, 9.17) is 0 Å². The van der Waals surface area contributed by atoms with E-state index in [9.17, 15) is 4.79 Å². The van der Waals surface area contributed by atoms with Crippen LogP contribution in [0.1, 0.15) is 36.5 Å². The third-order valence-corrected chi connectivity index (χ3v) is 3.14. The quantitative estimate of drug-likeness (QED) is 0.573. The van der Waals surface area contributed by atoms with E-state index >= 15 is 0 Å². The van der Waals surface area contributed by atoms with Gasteiger partial charge in [0.05, 0.1) is 0 Å². The monoisotopic (exact) mass is 295 g/mol. The summed E-state index contributed by atoms with van der Waals surface area (Å²) in [4.78, 5) is 15.9. The molecule has 92 valence electrons. The van der Waals surface area contributed by atoms with Crippen LogP contribution in [0.3, 0.4) is 0 Å². The fourth-order valence-electron chi connectivity index (χ4n) is 1.69. The second kappa shape index (κ2) is 7.38. The number of nitrogens with zero attached hydrogens (tertiary/aromatic N) is 1. The molecule has 0 amide bonds. The maximum absolute atomic E-state index is 12.0. The van der Waals surface area contributed by atoms with Gasteiger partial charge in [0.25, 0.3) is 0 Å². The van der Waals surface area contributed by atoms with Crippen molar-refractivity contribution in [2.24, 2.45) is 10.9 Å². The number of carbonyl (C=O) groups excluding carboxylic acids is 1. The average Bonchev–Trinajstić information content (AvgIpc) is 2.29. The van der Waals surface area contributed by atoms with Crippen LogP contribution in [0, 0.1) is 5.92 Å². The van der Waals surface area contributed by atoms with Crippen LogP contribution < -0.4 is 0 Å². The van der Waals surface area contributed by atoms with Gasteiger partial charge in [-0.25, -0.2) is 0 Å². The Balaban J connectivity index is 2.48. The first-order valence-corrected chi connectivity index (χ1v) is 6.62.